The molecule has 0 aliphatic rings. The monoisotopic (exact) mass is 357 g/mol. The number of benzene rings is 2. The minimum absolute atomic E-state index is 0.0139. The van der Waals surface area contributed by atoms with Gasteiger partial charge in [0.15, 0.2) is 5.69 Å². The quantitative estimate of drug-likeness (QED) is 0.757. The van der Waals surface area contributed by atoms with Crippen LogP contribution in [0.25, 0.3) is 10.8 Å². The highest BCUT2D eigenvalue weighted by Gasteiger charge is 2.18. The van der Waals surface area contributed by atoms with Crippen LogP contribution in [0.2, 0.25) is 0 Å². The second-order valence-corrected chi connectivity index (χ2v) is 5.85. The maximum atomic E-state index is 13.8. The first-order valence-electron chi connectivity index (χ1n) is 8.27. The SMILES string of the molecule is CCCCn1nc(C(=O)Nc2ccc(F)cc2F)c2ccccc2c1=O. The zero-order chi connectivity index (χ0) is 18.7. The van der Waals surface area contributed by atoms with Gasteiger partial charge in [0.05, 0.1) is 11.1 Å². The molecule has 2 aromatic carbocycles. The van der Waals surface area contributed by atoms with Crippen molar-refractivity contribution in [2.75, 3.05) is 5.32 Å². The van der Waals surface area contributed by atoms with E-state index in [0.29, 0.717) is 23.4 Å². The van der Waals surface area contributed by atoms with Crippen LogP contribution in [0, 0.1) is 11.6 Å². The smallest absolute Gasteiger partial charge is 0.276 e. The molecule has 3 rings (SSSR count). The van der Waals surface area contributed by atoms with E-state index in [4.69, 9.17) is 0 Å². The number of anilines is 1. The maximum Gasteiger partial charge on any atom is 0.276 e. The average Bonchev–Trinajstić information content (AvgIpc) is 2.63. The number of unbranched alkanes of at least 4 members (excludes halogenated alkanes) is 1. The highest BCUT2D eigenvalue weighted by molar-refractivity contribution is 6.11. The Kier molecular flexibility index (Phi) is 5.06. The highest BCUT2D eigenvalue weighted by Crippen LogP contribution is 2.18. The van der Waals surface area contributed by atoms with Gasteiger partial charge in [-0.3, -0.25) is 9.59 Å². The van der Waals surface area contributed by atoms with Crippen molar-refractivity contribution in [3.63, 3.8) is 0 Å². The number of aryl methyl sites for hydroxylation is 1. The van der Waals surface area contributed by atoms with Crippen LogP contribution < -0.4 is 10.9 Å². The molecule has 0 spiro atoms. The fourth-order valence-corrected chi connectivity index (χ4v) is 2.63. The van der Waals surface area contributed by atoms with E-state index in [2.05, 4.69) is 10.4 Å². The Morgan fingerprint density at radius 1 is 1.15 bits per heavy atom. The van der Waals surface area contributed by atoms with Gasteiger partial charge in [0.2, 0.25) is 0 Å². The predicted molar refractivity (Wildman–Crippen MR) is 95.2 cm³/mol. The van der Waals surface area contributed by atoms with Gasteiger partial charge in [-0.05, 0) is 24.6 Å². The number of carbonyl (C=O) groups is 1. The Morgan fingerprint density at radius 3 is 2.58 bits per heavy atom. The molecule has 5 nitrogen and oxygen atoms in total. The number of nitrogens with zero attached hydrogens (tertiary/aromatic N) is 2. The van der Waals surface area contributed by atoms with Crippen LogP contribution in [-0.4, -0.2) is 15.7 Å². The topological polar surface area (TPSA) is 64.0 Å². The third-order valence-corrected chi connectivity index (χ3v) is 3.99. The number of hydrogen-bond acceptors (Lipinski definition) is 3. The number of hydrogen-bond donors (Lipinski definition) is 1. The van der Waals surface area contributed by atoms with Crippen molar-refractivity contribution >= 4 is 22.4 Å². The molecule has 3 aromatic rings. The first-order chi connectivity index (χ1) is 12.5. The fourth-order valence-electron chi connectivity index (χ4n) is 2.63. The Bertz CT molecular complexity index is 1030. The van der Waals surface area contributed by atoms with Gasteiger partial charge in [0.1, 0.15) is 11.6 Å². The lowest BCUT2D eigenvalue weighted by atomic mass is 10.1. The maximum absolute atomic E-state index is 13.8. The molecule has 0 unspecified atom stereocenters. The first-order valence-corrected chi connectivity index (χ1v) is 8.27. The number of halogens is 2. The summed E-state index contributed by atoms with van der Waals surface area (Å²) in [6.07, 6.45) is 1.60. The van der Waals surface area contributed by atoms with Gasteiger partial charge in [-0.25, -0.2) is 13.5 Å². The van der Waals surface area contributed by atoms with Crippen LogP contribution in [0.5, 0.6) is 0 Å². The average molecular weight is 357 g/mol. The summed E-state index contributed by atoms with van der Waals surface area (Å²) in [4.78, 5) is 25.2. The van der Waals surface area contributed by atoms with E-state index >= 15 is 0 Å². The molecule has 0 saturated heterocycles. The van der Waals surface area contributed by atoms with Crippen LogP contribution >= 0.6 is 0 Å². The molecular weight excluding hydrogens is 340 g/mol. The molecule has 0 fully saturated rings. The first kappa shape index (κ1) is 17.7. The van der Waals surface area contributed by atoms with Crippen molar-refractivity contribution in [3.05, 3.63) is 70.1 Å². The largest absolute Gasteiger partial charge is 0.318 e. The Hall–Kier alpha value is -3.09. The molecule has 26 heavy (non-hydrogen) atoms. The van der Waals surface area contributed by atoms with Crippen LogP contribution in [0.1, 0.15) is 30.3 Å². The van der Waals surface area contributed by atoms with Gasteiger partial charge in [0, 0.05) is 18.0 Å². The van der Waals surface area contributed by atoms with Gasteiger partial charge in [-0.1, -0.05) is 31.5 Å². The van der Waals surface area contributed by atoms with Crippen molar-refractivity contribution < 1.29 is 13.6 Å². The van der Waals surface area contributed by atoms with E-state index in [-0.39, 0.29) is 16.9 Å². The fraction of sp³-hybridized carbons (Fsp3) is 0.211. The highest BCUT2D eigenvalue weighted by atomic mass is 19.1. The van der Waals surface area contributed by atoms with Crippen molar-refractivity contribution in [2.24, 2.45) is 0 Å². The lowest BCUT2D eigenvalue weighted by Crippen LogP contribution is -2.28. The number of aromatic nitrogens is 2. The van der Waals surface area contributed by atoms with E-state index in [1.54, 1.807) is 24.3 Å². The molecule has 1 amide bonds. The van der Waals surface area contributed by atoms with Crippen LogP contribution in [-0.2, 0) is 6.54 Å². The molecule has 0 aliphatic heterocycles. The number of carbonyl (C=O) groups excluding carboxylic acids is 1. The number of amides is 1. The standard InChI is InChI=1S/C19H17F2N3O2/c1-2-3-10-24-19(26)14-7-5-4-6-13(14)17(23-24)18(25)22-16-9-8-12(20)11-15(16)21/h4-9,11H,2-3,10H2,1H3,(H,22,25). The molecule has 0 radical (unpaired) electrons. The zero-order valence-corrected chi connectivity index (χ0v) is 14.1. The molecule has 1 heterocycles. The molecule has 7 heteroatoms. The summed E-state index contributed by atoms with van der Waals surface area (Å²) >= 11 is 0. The Labute approximate surface area is 148 Å². The van der Waals surface area contributed by atoms with Crippen molar-refractivity contribution in [2.45, 2.75) is 26.3 Å². The zero-order valence-electron chi connectivity index (χ0n) is 14.1. The van der Waals surface area contributed by atoms with Gasteiger partial charge >= 0.3 is 0 Å². The van der Waals surface area contributed by atoms with E-state index in [1.807, 2.05) is 6.92 Å². The minimum Gasteiger partial charge on any atom is -0.318 e. The molecular formula is C19H17F2N3O2. The van der Waals surface area contributed by atoms with Gasteiger partial charge in [0.25, 0.3) is 11.5 Å². The minimum atomic E-state index is -0.887. The van der Waals surface area contributed by atoms with Crippen LogP contribution in [0.15, 0.2) is 47.3 Å². The molecule has 0 atom stereocenters. The van der Waals surface area contributed by atoms with E-state index in [9.17, 15) is 18.4 Å². The molecule has 1 N–H and O–H groups in total. The predicted octanol–water partition coefficient (Wildman–Crippen LogP) is 3.73. The summed E-state index contributed by atoms with van der Waals surface area (Å²) in [5.74, 6) is -2.30. The van der Waals surface area contributed by atoms with Crippen molar-refractivity contribution in [1.82, 2.24) is 9.78 Å². The molecule has 0 aliphatic carbocycles. The summed E-state index contributed by atoms with van der Waals surface area (Å²) in [6, 6.07) is 9.50. The second kappa shape index (κ2) is 7.43. The normalized spacial score (nSPS) is 10.9. The number of fused-ring (bicyclic) bond motifs is 1. The van der Waals surface area contributed by atoms with Gasteiger partial charge < -0.3 is 5.32 Å². The Balaban J connectivity index is 2.06. The summed E-state index contributed by atoms with van der Waals surface area (Å²) in [5, 5.41) is 7.31. The Morgan fingerprint density at radius 2 is 1.88 bits per heavy atom. The van der Waals surface area contributed by atoms with Gasteiger partial charge in [-0.2, -0.15) is 5.10 Å². The molecule has 0 bridgehead atoms. The van der Waals surface area contributed by atoms with Crippen molar-refractivity contribution in [1.29, 1.82) is 0 Å². The number of nitrogens with one attached hydrogen (secondary N) is 1. The number of rotatable bonds is 5. The van der Waals surface area contributed by atoms with Crippen LogP contribution in [0.3, 0.4) is 0 Å². The van der Waals surface area contributed by atoms with Crippen LogP contribution in [0.4, 0.5) is 14.5 Å². The molecule has 134 valence electrons. The second-order valence-electron chi connectivity index (χ2n) is 5.85. The molecule has 0 saturated carbocycles. The lowest BCUT2D eigenvalue weighted by Gasteiger charge is -2.11. The lowest BCUT2D eigenvalue weighted by molar-refractivity contribution is 0.102. The van der Waals surface area contributed by atoms with Gasteiger partial charge in [-0.15, -0.1) is 0 Å². The summed E-state index contributed by atoms with van der Waals surface area (Å²) in [5.41, 5.74) is -0.424. The third-order valence-electron chi connectivity index (χ3n) is 3.99. The molecule has 1 aromatic heterocycles. The third kappa shape index (κ3) is 3.46. The summed E-state index contributed by atoms with van der Waals surface area (Å²) in [6.45, 7) is 2.36. The van der Waals surface area contributed by atoms with Crippen molar-refractivity contribution in [3.8, 4) is 0 Å². The summed E-state index contributed by atoms with van der Waals surface area (Å²) in [7, 11) is 0. The van der Waals surface area contributed by atoms with E-state index < -0.39 is 17.5 Å². The summed E-state index contributed by atoms with van der Waals surface area (Å²) < 4.78 is 28.1. The van der Waals surface area contributed by atoms with E-state index in [0.717, 1.165) is 25.0 Å². The van der Waals surface area contributed by atoms with E-state index in [1.165, 1.54) is 4.68 Å².